The maximum Gasteiger partial charge on any atom is 0.161 e. The number of thiophene rings is 1. The van der Waals surface area contributed by atoms with Gasteiger partial charge < -0.3 is 11.5 Å². The molecule has 31 heavy (non-hydrogen) atoms. The first-order valence-corrected chi connectivity index (χ1v) is 11.7. The Kier molecular flexibility index (Phi) is 5.52. The zero-order valence-corrected chi connectivity index (χ0v) is 18.5. The molecular formula is C25H27N5S. The number of rotatable bonds is 5. The highest BCUT2D eigenvalue weighted by molar-refractivity contribution is 7.18. The molecule has 6 heteroatoms. The Balaban J connectivity index is 1.59. The smallest absolute Gasteiger partial charge is 0.161 e. The summed E-state index contributed by atoms with van der Waals surface area (Å²) in [6.45, 7) is 2.09. The van der Waals surface area contributed by atoms with E-state index in [4.69, 9.17) is 21.4 Å². The number of nitrogens with zero attached hydrogens (tertiary/aromatic N) is 3. The minimum atomic E-state index is -0.368. The van der Waals surface area contributed by atoms with Crippen LogP contribution < -0.4 is 11.5 Å². The van der Waals surface area contributed by atoms with Crippen molar-refractivity contribution in [3.8, 4) is 11.4 Å². The molecule has 0 amide bonds. The summed E-state index contributed by atoms with van der Waals surface area (Å²) >= 11 is 1.79. The first kappa shape index (κ1) is 20.2. The Hall–Kier alpha value is -2.67. The average Bonchev–Trinajstić information content (AvgIpc) is 3.18. The molecule has 0 radical (unpaired) electrons. The van der Waals surface area contributed by atoms with Gasteiger partial charge in [-0.25, -0.2) is 9.97 Å². The Labute approximate surface area is 186 Å². The monoisotopic (exact) mass is 429 g/mol. The SMILES string of the molecule is Cc1ccc(CC(N)C(N)c2nc(-c3ccncc3)nc3sc4c(c23)CCCC4)cc1. The van der Waals surface area contributed by atoms with Gasteiger partial charge in [-0.15, -0.1) is 11.3 Å². The molecule has 0 spiro atoms. The van der Waals surface area contributed by atoms with Crippen LogP contribution in [0, 0.1) is 6.92 Å². The van der Waals surface area contributed by atoms with E-state index in [9.17, 15) is 0 Å². The highest BCUT2D eigenvalue weighted by Gasteiger charge is 2.27. The largest absolute Gasteiger partial charge is 0.326 e. The third kappa shape index (κ3) is 3.99. The average molecular weight is 430 g/mol. The van der Waals surface area contributed by atoms with Gasteiger partial charge in [0.25, 0.3) is 0 Å². The molecule has 0 fully saturated rings. The number of hydrogen-bond donors (Lipinski definition) is 2. The minimum Gasteiger partial charge on any atom is -0.326 e. The fraction of sp³-hybridized carbons (Fsp3) is 0.320. The molecule has 3 aromatic heterocycles. The molecular weight excluding hydrogens is 402 g/mol. The number of hydrogen-bond acceptors (Lipinski definition) is 6. The lowest BCUT2D eigenvalue weighted by atomic mass is 9.92. The number of aromatic nitrogens is 3. The van der Waals surface area contributed by atoms with Crippen LogP contribution in [0.1, 0.15) is 46.1 Å². The standard InChI is InChI=1S/C25H27N5S/c1-15-6-8-16(9-7-15)14-19(26)22(27)23-21-18-4-2-3-5-20(18)31-25(21)30-24(29-23)17-10-12-28-13-11-17/h6-13,19,22H,2-5,14,26-27H2,1H3. The second kappa shape index (κ2) is 8.46. The van der Waals surface area contributed by atoms with Crippen molar-refractivity contribution >= 4 is 21.6 Å². The van der Waals surface area contributed by atoms with Gasteiger partial charge in [0, 0.05) is 34.3 Å². The molecule has 5 rings (SSSR count). The summed E-state index contributed by atoms with van der Waals surface area (Å²) in [5, 5.41) is 1.14. The van der Waals surface area contributed by atoms with Crippen molar-refractivity contribution in [2.45, 2.75) is 51.1 Å². The molecule has 4 aromatic rings. The van der Waals surface area contributed by atoms with Crippen molar-refractivity contribution in [3.63, 3.8) is 0 Å². The third-order valence-electron chi connectivity index (χ3n) is 6.15. The van der Waals surface area contributed by atoms with Gasteiger partial charge in [0.1, 0.15) is 4.83 Å². The molecule has 4 N–H and O–H groups in total. The van der Waals surface area contributed by atoms with Crippen molar-refractivity contribution in [1.82, 2.24) is 15.0 Å². The lowest BCUT2D eigenvalue weighted by molar-refractivity contribution is 0.536. The zero-order chi connectivity index (χ0) is 21.4. The van der Waals surface area contributed by atoms with E-state index in [0.29, 0.717) is 12.2 Å². The summed E-state index contributed by atoms with van der Waals surface area (Å²) in [7, 11) is 0. The molecule has 158 valence electrons. The predicted octanol–water partition coefficient (Wildman–Crippen LogP) is 4.51. The van der Waals surface area contributed by atoms with Gasteiger partial charge >= 0.3 is 0 Å². The highest BCUT2D eigenvalue weighted by Crippen LogP contribution is 2.39. The Morgan fingerprint density at radius 2 is 1.71 bits per heavy atom. The summed E-state index contributed by atoms with van der Waals surface area (Å²) in [6, 6.07) is 11.8. The van der Waals surface area contributed by atoms with Gasteiger partial charge in [-0.2, -0.15) is 0 Å². The molecule has 2 unspecified atom stereocenters. The summed E-state index contributed by atoms with van der Waals surface area (Å²) in [5.74, 6) is 0.696. The van der Waals surface area contributed by atoms with Crippen LogP contribution in [0.25, 0.3) is 21.6 Å². The topological polar surface area (TPSA) is 90.7 Å². The quantitative estimate of drug-likeness (QED) is 0.487. The molecule has 3 heterocycles. The number of aryl methyl sites for hydroxylation is 3. The van der Waals surface area contributed by atoms with E-state index >= 15 is 0 Å². The molecule has 1 aliphatic carbocycles. The number of pyridine rings is 1. The fourth-order valence-electron chi connectivity index (χ4n) is 4.38. The Bertz CT molecular complexity index is 1200. The summed E-state index contributed by atoms with van der Waals surface area (Å²) in [6.07, 6.45) is 8.87. The summed E-state index contributed by atoms with van der Waals surface area (Å²) in [5.41, 5.74) is 19.1. The van der Waals surface area contributed by atoms with Gasteiger partial charge in [-0.3, -0.25) is 4.98 Å². The lowest BCUT2D eigenvalue weighted by Gasteiger charge is -2.22. The van der Waals surface area contributed by atoms with Crippen molar-refractivity contribution < 1.29 is 0 Å². The van der Waals surface area contributed by atoms with E-state index in [1.165, 1.54) is 34.4 Å². The normalized spacial score (nSPS) is 15.6. The zero-order valence-electron chi connectivity index (χ0n) is 17.7. The van der Waals surface area contributed by atoms with Crippen molar-refractivity contribution in [3.05, 3.63) is 76.1 Å². The van der Waals surface area contributed by atoms with Crippen LogP contribution in [0.2, 0.25) is 0 Å². The van der Waals surface area contributed by atoms with E-state index in [1.54, 1.807) is 23.7 Å². The van der Waals surface area contributed by atoms with Crippen LogP contribution in [0.3, 0.4) is 0 Å². The number of fused-ring (bicyclic) bond motifs is 3. The number of benzene rings is 1. The van der Waals surface area contributed by atoms with Gasteiger partial charge in [-0.05, 0) is 62.3 Å². The summed E-state index contributed by atoms with van der Waals surface area (Å²) in [4.78, 5) is 16.5. The Morgan fingerprint density at radius 1 is 0.968 bits per heavy atom. The highest BCUT2D eigenvalue weighted by atomic mass is 32.1. The van der Waals surface area contributed by atoms with Gasteiger partial charge in [0.05, 0.1) is 11.7 Å². The summed E-state index contributed by atoms with van der Waals surface area (Å²) < 4.78 is 0. The Morgan fingerprint density at radius 3 is 2.48 bits per heavy atom. The molecule has 1 aromatic carbocycles. The second-order valence-corrected chi connectivity index (χ2v) is 9.52. The van der Waals surface area contributed by atoms with E-state index < -0.39 is 0 Å². The second-order valence-electron chi connectivity index (χ2n) is 8.44. The van der Waals surface area contributed by atoms with Crippen LogP contribution in [-0.4, -0.2) is 21.0 Å². The maximum absolute atomic E-state index is 6.80. The maximum atomic E-state index is 6.80. The molecule has 0 saturated heterocycles. The van der Waals surface area contributed by atoms with Crippen LogP contribution in [0.15, 0.2) is 48.8 Å². The van der Waals surface area contributed by atoms with Crippen LogP contribution >= 0.6 is 11.3 Å². The lowest BCUT2D eigenvalue weighted by Crippen LogP contribution is -2.36. The first-order chi connectivity index (χ1) is 15.1. The van der Waals surface area contributed by atoms with Crippen LogP contribution in [0.5, 0.6) is 0 Å². The predicted molar refractivity (Wildman–Crippen MR) is 127 cm³/mol. The molecule has 5 nitrogen and oxygen atoms in total. The molecule has 1 aliphatic rings. The molecule has 0 bridgehead atoms. The van der Waals surface area contributed by atoms with E-state index in [0.717, 1.165) is 34.3 Å². The van der Waals surface area contributed by atoms with E-state index in [-0.39, 0.29) is 12.1 Å². The number of nitrogens with two attached hydrogens (primary N) is 2. The molecule has 2 atom stereocenters. The van der Waals surface area contributed by atoms with Crippen molar-refractivity contribution in [1.29, 1.82) is 0 Å². The van der Waals surface area contributed by atoms with Gasteiger partial charge in [-0.1, -0.05) is 29.8 Å². The van der Waals surface area contributed by atoms with Crippen LogP contribution in [-0.2, 0) is 19.3 Å². The fourth-order valence-corrected chi connectivity index (χ4v) is 5.65. The molecule has 0 saturated carbocycles. The molecule has 0 aliphatic heterocycles. The van der Waals surface area contributed by atoms with E-state index in [1.807, 2.05) is 12.1 Å². The first-order valence-electron chi connectivity index (χ1n) is 10.9. The van der Waals surface area contributed by atoms with Crippen molar-refractivity contribution in [2.75, 3.05) is 0 Å². The van der Waals surface area contributed by atoms with Crippen molar-refractivity contribution in [2.24, 2.45) is 11.5 Å². The van der Waals surface area contributed by atoms with E-state index in [2.05, 4.69) is 36.2 Å². The van der Waals surface area contributed by atoms with Gasteiger partial charge in [0.2, 0.25) is 0 Å². The van der Waals surface area contributed by atoms with Gasteiger partial charge in [0.15, 0.2) is 5.82 Å². The third-order valence-corrected chi connectivity index (χ3v) is 7.34. The van der Waals surface area contributed by atoms with Crippen LogP contribution in [0.4, 0.5) is 0 Å². The minimum absolute atomic E-state index is 0.231.